The van der Waals surface area contributed by atoms with Crippen LogP contribution in [0, 0.1) is 0 Å². The highest BCUT2D eigenvalue weighted by Gasteiger charge is 2.40. The van der Waals surface area contributed by atoms with Gasteiger partial charge in [-0.25, -0.2) is 4.90 Å². The topological polar surface area (TPSA) is 59.4 Å². The highest BCUT2D eigenvalue weighted by Crippen LogP contribution is 2.30. The summed E-state index contributed by atoms with van der Waals surface area (Å²) in [5.41, 5.74) is 0.783. The highest BCUT2D eigenvalue weighted by molar-refractivity contribution is 6.37. The molecular formula is C18H12N2O3. The van der Waals surface area contributed by atoms with Gasteiger partial charge in [0.15, 0.2) is 0 Å². The number of pyridine rings is 1. The minimum Gasteiger partial charge on any atom is -0.311 e. The Morgan fingerprint density at radius 3 is 2.09 bits per heavy atom. The molecule has 23 heavy (non-hydrogen) atoms. The molecule has 3 aromatic rings. The Labute approximate surface area is 131 Å². The Bertz CT molecular complexity index is 1040. The van der Waals surface area contributed by atoms with Crippen molar-refractivity contribution in [1.82, 2.24) is 4.57 Å². The summed E-state index contributed by atoms with van der Waals surface area (Å²) in [6, 6.07) is 15.7. The predicted molar refractivity (Wildman–Crippen MR) is 86.8 cm³/mol. The average Bonchev–Trinajstić information content (AvgIpc) is 2.84. The number of hydrogen-bond donors (Lipinski definition) is 0. The predicted octanol–water partition coefficient (Wildman–Crippen LogP) is 2.34. The van der Waals surface area contributed by atoms with Gasteiger partial charge in [0.1, 0.15) is 5.56 Å². The number of rotatable bonds is 1. The van der Waals surface area contributed by atoms with Crippen LogP contribution in [0.15, 0.2) is 59.4 Å². The fourth-order valence-corrected chi connectivity index (χ4v) is 3.04. The second-order valence-corrected chi connectivity index (χ2v) is 5.41. The Morgan fingerprint density at radius 2 is 1.35 bits per heavy atom. The lowest BCUT2D eigenvalue weighted by Crippen LogP contribution is -2.31. The summed E-state index contributed by atoms with van der Waals surface area (Å²) in [6.45, 7) is 0. The molecule has 0 N–H and O–H groups in total. The lowest BCUT2D eigenvalue weighted by Gasteiger charge is -2.13. The third-order valence-electron chi connectivity index (χ3n) is 4.15. The molecule has 1 aromatic heterocycles. The van der Waals surface area contributed by atoms with E-state index in [2.05, 4.69) is 0 Å². The first-order valence-corrected chi connectivity index (χ1v) is 7.17. The zero-order valence-corrected chi connectivity index (χ0v) is 12.3. The molecule has 5 heteroatoms. The molecule has 0 bridgehead atoms. The number of imide groups is 1. The number of nitrogens with zero attached hydrogens (tertiary/aromatic N) is 2. The van der Waals surface area contributed by atoms with Crippen molar-refractivity contribution in [3.63, 3.8) is 0 Å². The quantitative estimate of drug-likeness (QED) is 0.648. The number of carbonyl (C=O) groups excluding carboxylic acids is 2. The molecule has 112 valence electrons. The van der Waals surface area contributed by atoms with Crippen LogP contribution >= 0.6 is 0 Å². The van der Waals surface area contributed by atoms with Crippen LogP contribution in [0.1, 0.15) is 20.7 Å². The molecule has 0 saturated heterocycles. The monoisotopic (exact) mass is 304 g/mol. The van der Waals surface area contributed by atoms with Gasteiger partial charge in [-0.05, 0) is 18.2 Å². The average molecular weight is 304 g/mol. The number of aromatic nitrogens is 1. The zero-order valence-electron chi connectivity index (χ0n) is 12.3. The Morgan fingerprint density at radius 1 is 0.739 bits per heavy atom. The van der Waals surface area contributed by atoms with Gasteiger partial charge < -0.3 is 4.57 Å². The minimum absolute atomic E-state index is 0.0555. The van der Waals surface area contributed by atoms with Crippen molar-refractivity contribution < 1.29 is 9.59 Å². The maximum Gasteiger partial charge on any atom is 0.271 e. The molecule has 2 aromatic carbocycles. The van der Waals surface area contributed by atoms with Gasteiger partial charge in [0.05, 0.1) is 16.8 Å². The molecule has 0 aliphatic carbocycles. The van der Waals surface area contributed by atoms with Crippen LogP contribution in [0.4, 0.5) is 5.69 Å². The van der Waals surface area contributed by atoms with Gasteiger partial charge in [-0.3, -0.25) is 14.4 Å². The molecular weight excluding hydrogens is 292 g/mol. The number of para-hydroxylation sites is 2. The molecule has 0 spiro atoms. The van der Waals surface area contributed by atoms with Gasteiger partial charge in [-0.15, -0.1) is 0 Å². The smallest absolute Gasteiger partial charge is 0.271 e. The largest absolute Gasteiger partial charge is 0.311 e. The van der Waals surface area contributed by atoms with Crippen LogP contribution in [-0.2, 0) is 7.05 Å². The fraction of sp³-hybridized carbons (Fsp3) is 0.0556. The van der Waals surface area contributed by atoms with Crippen LogP contribution in [0.25, 0.3) is 10.9 Å². The van der Waals surface area contributed by atoms with Gasteiger partial charge in [0.25, 0.3) is 17.4 Å². The van der Waals surface area contributed by atoms with E-state index in [-0.39, 0.29) is 11.1 Å². The number of amides is 2. The Hall–Kier alpha value is -3.21. The van der Waals surface area contributed by atoms with Gasteiger partial charge >= 0.3 is 0 Å². The lowest BCUT2D eigenvalue weighted by molar-refractivity contribution is 0.0926. The van der Waals surface area contributed by atoms with Crippen molar-refractivity contribution in [3.05, 3.63) is 76.1 Å². The fourth-order valence-electron chi connectivity index (χ4n) is 3.04. The van der Waals surface area contributed by atoms with E-state index in [1.807, 2.05) is 0 Å². The Kier molecular flexibility index (Phi) is 2.72. The number of carbonyl (C=O) groups is 2. The molecule has 0 fully saturated rings. The summed E-state index contributed by atoms with van der Waals surface area (Å²) >= 11 is 0. The van der Waals surface area contributed by atoms with Gasteiger partial charge in [-0.2, -0.15) is 0 Å². The number of anilines is 1. The van der Waals surface area contributed by atoms with Gasteiger partial charge in [-0.1, -0.05) is 36.4 Å². The summed E-state index contributed by atoms with van der Waals surface area (Å²) in [7, 11) is 1.61. The van der Waals surface area contributed by atoms with Crippen molar-refractivity contribution in [2.24, 2.45) is 7.05 Å². The lowest BCUT2D eigenvalue weighted by atomic mass is 10.0. The van der Waals surface area contributed by atoms with Crippen LogP contribution in [0.5, 0.6) is 0 Å². The summed E-state index contributed by atoms with van der Waals surface area (Å²) in [6.07, 6.45) is 0. The zero-order chi connectivity index (χ0) is 16.1. The molecule has 2 amide bonds. The molecule has 2 heterocycles. The molecule has 0 unspecified atom stereocenters. The summed E-state index contributed by atoms with van der Waals surface area (Å²) in [5.74, 6) is -1.02. The molecule has 4 rings (SSSR count). The second kappa shape index (κ2) is 4.64. The van der Waals surface area contributed by atoms with Crippen LogP contribution in [0.3, 0.4) is 0 Å². The standard InChI is InChI=1S/C18H12N2O3/c1-19-13-10-6-5-9-12(13)14-15(16(19)21)18(23)20(17(14)22)11-7-3-2-4-8-11/h2-10H,1H3. The van der Waals surface area contributed by atoms with E-state index in [1.54, 1.807) is 61.6 Å². The van der Waals surface area contributed by atoms with E-state index in [4.69, 9.17) is 0 Å². The third kappa shape index (κ3) is 1.70. The van der Waals surface area contributed by atoms with Crippen LogP contribution < -0.4 is 10.5 Å². The maximum atomic E-state index is 12.8. The van der Waals surface area contributed by atoms with E-state index in [1.165, 1.54) is 4.57 Å². The minimum atomic E-state index is -0.567. The number of fused-ring (bicyclic) bond motifs is 3. The SMILES string of the molecule is Cn1c(=O)c2c(c3ccccc31)C(=O)N(c1ccccc1)C2=O. The molecule has 0 saturated carbocycles. The molecule has 0 radical (unpaired) electrons. The summed E-state index contributed by atoms with van der Waals surface area (Å²) in [5, 5.41) is 0.612. The molecule has 0 atom stereocenters. The summed E-state index contributed by atoms with van der Waals surface area (Å²) < 4.78 is 1.41. The highest BCUT2D eigenvalue weighted by atomic mass is 16.2. The van der Waals surface area contributed by atoms with Crippen LogP contribution in [-0.4, -0.2) is 16.4 Å². The van der Waals surface area contributed by atoms with Crippen molar-refractivity contribution in [3.8, 4) is 0 Å². The van der Waals surface area contributed by atoms with E-state index < -0.39 is 17.4 Å². The van der Waals surface area contributed by atoms with Gasteiger partial charge in [0.2, 0.25) is 0 Å². The van der Waals surface area contributed by atoms with E-state index in [0.29, 0.717) is 16.6 Å². The molecule has 1 aliphatic heterocycles. The first-order valence-electron chi connectivity index (χ1n) is 7.17. The van der Waals surface area contributed by atoms with Crippen LogP contribution in [0.2, 0.25) is 0 Å². The first kappa shape index (κ1) is 13.5. The Balaban J connectivity index is 2.08. The van der Waals surface area contributed by atoms with Crippen molar-refractivity contribution in [2.45, 2.75) is 0 Å². The molecule has 5 nitrogen and oxygen atoms in total. The van der Waals surface area contributed by atoms with E-state index >= 15 is 0 Å². The van der Waals surface area contributed by atoms with Crippen molar-refractivity contribution >= 4 is 28.4 Å². The molecule has 1 aliphatic rings. The van der Waals surface area contributed by atoms with Crippen molar-refractivity contribution in [2.75, 3.05) is 4.90 Å². The second-order valence-electron chi connectivity index (χ2n) is 5.41. The number of benzene rings is 2. The van der Waals surface area contributed by atoms with E-state index in [9.17, 15) is 14.4 Å². The van der Waals surface area contributed by atoms with E-state index in [0.717, 1.165) is 4.90 Å². The maximum absolute atomic E-state index is 12.8. The van der Waals surface area contributed by atoms with Crippen molar-refractivity contribution in [1.29, 1.82) is 0 Å². The normalized spacial score (nSPS) is 13.7. The summed E-state index contributed by atoms with van der Waals surface area (Å²) in [4.78, 5) is 39.2. The number of aryl methyl sites for hydroxylation is 1. The number of hydrogen-bond acceptors (Lipinski definition) is 3. The first-order chi connectivity index (χ1) is 11.1. The third-order valence-corrected chi connectivity index (χ3v) is 4.15. The van der Waals surface area contributed by atoms with Gasteiger partial charge in [0, 0.05) is 12.4 Å².